The molecule has 1 fully saturated rings. The van der Waals surface area contributed by atoms with Gasteiger partial charge in [-0.3, -0.25) is 9.69 Å². The van der Waals surface area contributed by atoms with E-state index in [1.807, 2.05) is 32.7 Å². The van der Waals surface area contributed by atoms with Crippen LogP contribution in [0.5, 0.6) is 0 Å². The van der Waals surface area contributed by atoms with Crippen molar-refractivity contribution >= 4 is 5.91 Å². The largest absolute Gasteiger partial charge is 0.374 e. The summed E-state index contributed by atoms with van der Waals surface area (Å²) >= 11 is 0. The molecule has 17 heavy (non-hydrogen) atoms. The number of hydrogen-bond donors (Lipinski definition) is 2. The maximum Gasteiger partial charge on any atom is 0.234 e. The lowest BCUT2D eigenvalue weighted by Crippen LogP contribution is -2.48. The Morgan fingerprint density at radius 3 is 2.76 bits per heavy atom. The zero-order valence-corrected chi connectivity index (χ0v) is 11.4. The molecular weight excluding hydrogens is 218 g/mol. The maximum atomic E-state index is 11.7. The third-order valence-electron chi connectivity index (χ3n) is 2.45. The molecule has 1 aliphatic heterocycles. The van der Waals surface area contributed by atoms with Crippen molar-refractivity contribution in [3.05, 3.63) is 0 Å². The smallest absolute Gasteiger partial charge is 0.234 e. The summed E-state index contributed by atoms with van der Waals surface area (Å²) in [7, 11) is 1.94. The Hall–Kier alpha value is -0.650. The lowest BCUT2D eigenvalue weighted by Gasteiger charge is -2.28. The predicted molar refractivity (Wildman–Crippen MR) is 68.0 cm³/mol. The van der Waals surface area contributed by atoms with Gasteiger partial charge in [0.15, 0.2) is 0 Å². The number of morpholine rings is 1. The Labute approximate surface area is 104 Å². The third-order valence-corrected chi connectivity index (χ3v) is 2.45. The van der Waals surface area contributed by atoms with Gasteiger partial charge >= 0.3 is 0 Å². The molecular formula is C12H25N3O2. The van der Waals surface area contributed by atoms with E-state index in [9.17, 15) is 4.79 Å². The molecule has 1 heterocycles. The molecule has 0 bridgehead atoms. The van der Waals surface area contributed by atoms with Crippen molar-refractivity contribution < 1.29 is 9.53 Å². The van der Waals surface area contributed by atoms with Crippen LogP contribution in [0.25, 0.3) is 0 Å². The fourth-order valence-corrected chi connectivity index (χ4v) is 1.85. The van der Waals surface area contributed by atoms with E-state index in [0.29, 0.717) is 6.54 Å². The zero-order valence-electron chi connectivity index (χ0n) is 11.4. The molecule has 0 saturated carbocycles. The average molecular weight is 243 g/mol. The van der Waals surface area contributed by atoms with Crippen molar-refractivity contribution in [1.82, 2.24) is 15.5 Å². The van der Waals surface area contributed by atoms with Gasteiger partial charge < -0.3 is 15.4 Å². The van der Waals surface area contributed by atoms with Gasteiger partial charge in [-0.25, -0.2) is 0 Å². The Balaban J connectivity index is 2.23. The highest BCUT2D eigenvalue weighted by molar-refractivity contribution is 5.78. The summed E-state index contributed by atoms with van der Waals surface area (Å²) in [6, 6.07) is 0. The second-order valence-electron chi connectivity index (χ2n) is 5.69. The maximum absolute atomic E-state index is 11.7. The van der Waals surface area contributed by atoms with Crippen LogP contribution in [0.15, 0.2) is 0 Å². The fourth-order valence-electron chi connectivity index (χ4n) is 1.85. The van der Waals surface area contributed by atoms with Crippen molar-refractivity contribution in [2.75, 3.05) is 39.8 Å². The van der Waals surface area contributed by atoms with Crippen LogP contribution in [0, 0.1) is 0 Å². The number of carbonyl (C=O) groups is 1. The highest BCUT2D eigenvalue weighted by Crippen LogP contribution is 2.00. The molecule has 0 spiro atoms. The van der Waals surface area contributed by atoms with Gasteiger partial charge in [0.2, 0.25) is 5.91 Å². The van der Waals surface area contributed by atoms with Gasteiger partial charge in [0, 0.05) is 25.2 Å². The minimum absolute atomic E-state index is 0.0590. The van der Waals surface area contributed by atoms with Crippen LogP contribution in [0.3, 0.4) is 0 Å². The Morgan fingerprint density at radius 1 is 1.53 bits per heavy atom. The van der Waals surface area contributed by atoms with E-state index < -0.39 is 0 Å². The van der Waals surface area contributed by atoms with Crippen molar-refractivity contribution in [3.63, 3.8) is 0 Å². The van der Waals surface area contributed by atoms with E-state index in [1.165, 1.54) is 0 Å². The Bertz CT molecular complexity index is 245. The highest BCUT2D eigenvalue weighted by Gasteiger charge is 2.19. The highest BCUT2D eigenvalue weighted by atomic mass is 16.5. The van der Waals surface area contributed by atoms with Crippen LogP contribution in [0.4, 0.5) is 0 Å². The van der Waals surface area contributed by atoms with Crippen LogP contribution in [-0.4, -0.2) is 62.3 Å². The number of rotatable bonds is 4. The normalized spacial score (nSPS) is 21.6. The van der Waals surface area contributed by atoms with E-state index >= 15 is 0 Å². The van der Waals surface area contributed by atoms with E-state index in [1.54, 1.807) is 0 Å². The first kappa shape index (κ1) is 14.4. The molecule has 0 aromatic heterocycles. The molecule has 0 aliphatic carbocycles. The van der Waals surface area contributed by atoms with Crippen LogP contribution in [0.1, 0.15) is 20.8 Å². The first-order chi connectivity index (χ1) is 7.87. The lowest BCUT2D eigenvalue weighted by atomic mass is 10.1. The van der Waals surface area contributed by atoms with Gasteiger partial charge in [-0.1, -0.05) is 0 Å². The zero-order chi connectivity index (χ0) is 12.9. The van der Waals surface area contributed by atoms with Crippen LogP contribution in [0.2, 0.25) is 0 Å². The molecule has 1 unspecified atom stereocenters. The molecule has 1 aliphatic rings. The van der Waals surface area contributed by atoms with E-state index in [-0.39, 0.29) is 17.6 Å². The van der Waals surface area contributed by atoms with Gasteiger partial charge in [0.25, 0.3) is 0 Å². The molecule has 1 amide bonds. The van der Waals surface area contributed by atoms with Crippen LogP contribution in [-0.2, 0) is 9.53 Å². The SMILES string of the molecule is CN(CC(=O)NC(C)(C)C)CC1CNCCO1. The molecule has 5 heteroatoms. The Kier molecular flexibility index (Phi) is 5.36. The minimum atomic E-state index is -0.166. The first-order valence-corrected chi connectivity index (χ1v) is 6.19. The monoisotopic (exact) mass is 243 g/mol. The lowest BCUT2D eigenvalue weighted by molar-refractivity contribution is -0.123. The minimum Gasteiger partial charge on any atom is -0.374 e. The predicted octanol–water partition coefficient (Wildman–Crippen LogP) is -0.179. The number of ether oxygens (including phenoxy) is 1. The van der Waals surface area contributed by atoms with Gasteiger partial charge in [-0.15, -0.1) is 0 Å². The van der Waals surface area contributed by atoms with Crippen molar-refractivity contribution in [2.45, 2.75) is 32.4 Å². The summed E-state index contributed by atoms with van der Waals surface area (Å²) in [5.74, 6) is 0.0590. The molecule has 1 saturated heterocycles. The summed E-state index contributed by atoms with van der Waals surface area (Å²) in [4.78, 5) is 13.7. The van der Waals surface area contributed by atoms with Gasteiger partial charge in [-0.05, 0) is 27.8 Å². The van der Waals surface area contributed by atoms with Gasteiger partial charge in [-0.2, -0.15) is 0 Å². The third kappa shape index (κ3) is 6.61. The van der Waals surface area contributed by atoms with E-state index in [4.69, 9.17) is 4.74 Å². The van der Waals surface area contributed by atoms with Crippen molar-refractivity contribution in [3.8, 4) is 0 Å². The molecule has 0 aromatic carbocycles. The van der Waals surface area contributed by atoms with Crippen molar-refractivity contribution in [2.24, 2.45) is 0 Å². The summed E-state index contributed by atoms with van der Waals surface area (Å²) in [5.41, 5.74) is -0.166. The number of nitrogens with one attached hydrogen (secondary N) is 2. The number of likely N-dealkylation sites (N-methyl/N-ethyl adjacent to an activating group) is 1. The molecule has 1 rings (SSSR count). The summed E-state index contributed by atoms with van der Waals surface area (Å²) in [6.07, 6.45) is 0.191. The quantitative estimate of drug-likeness (QED) is 0.719. The molecule has 0 radical (unpaired) electrons. The number of hydrogen-bond acceptors (Lipinski definition) is 4. The Morgan fingerprint density at radius 2 is 2.24 bits per heavy atom. The second kappa shape index (κ2) is 6.33. The molecule has 1 atom stereocenters. The summed E-state index contributed by atoms with van der Waals surface area (Å²) in [5, 5.41) is 6.23. The second-order valence-corrected chi connectivity index (χ2v) is 5.69. The van der Waals surface area contributed by atoms with E-state index in [0.717, 1.165) is 26.2 Å². The van der Waals surface area contributed by atoms with E-state index in [2.05, 4.69) is 10.6 Å². The standard InChI is InChI=1S/C12H25N3O2/c1-12(2,3)14-11(16)9-15(4)8-10-7-13-5-6-17-10/h10,13H,5-9H2,1-4H3,(H,14,16). The number of nitrogens with zero attached hydrogens (tertiary/aromatic N) is 1. The number of amides is 1. The van der Waals surface area contributed by atoms with Gasteiger partial charge in [0.05, 0.1) is 19.3 Å². The number of carbonyl (C=O) groups excluding carboxylic acids is 1. The summed E-state index contributed by atoms with van der Waals surface area (Å²) in [6.45, 7) is 9.70. The fraction of sp³-hybridized carbons (Fsp3) is 0.917. The van der Waals surface area contributed by atoms with Crippen LogP contribution < -0.4 is 10.6 Å². The first-order valence-electron chi connectivity index (χ1n) is 6.19. The van der Waals surface area contributed by atoms with Gasteiger partial charge in [0.1, 0.15) is 0 Å². The summed E-state index contributed by atoms with van der Waals surface area (Å²) < 4.78 is 5.60. The van der Waals surface area contributed by atoms with Crippen molar-refractivity contribution in [1.29, 1.82) is 0 Å². The molecule has 2 N–H and O–H groups in total. The average Bonchev–Trinajstić information content (AvgIpc) is 2.15. The molecule has 0 aromatic rings. The topological polar surface area (TPSA) is 53.6 Å². The molecule has 5 nitrogen and oxygen atoms in total. The molecule has 100 valence electrons. The van der Waals surface area contributed by atoms with Crippen LogP contribution >= 0.6 is 0 Å².